The minimum atomic E-state index is -4.47. The van der Waals surface area contributed by atoms with Crippen molar-refractivity contribution in [2.75, 3.05) is 7.11 Å². The Morgan fingerprint density at radius 1 is 1.00 bits per heavy atom. The van der Waals surface area contributed by atoms with Gasteiger partial charge in [-0.05, 0) is 42.0 Å². The minimum Gasteiger partial charge on any atom is -0.497 e. The third-order valence-corrected chi connectivity index (χ3v) is 3.44. The molecule has 2 rings (SSSR count). The van der Waals surface area contributed by atoms with Crippen molar-refractivity contribution in [3.63, 3.8) is 0 Å². The number of alkyl halides is 4. The fraction of sp³-hybridized carbons (Fsp3) is 0.200. The quantitative estimate of drug-likeness (QED) is 0.679. The summed E-state index contributed by atoms with van der Waals surface area (Å²) in [6.45, 7) is 0. The SMILES string of the molecule is COc1ccc(Oc2ccc(CBr)cc2C(F)(F)F)cc1. The topological polar surface area (TPSA) is 18.5 Å². The van der Waals surface area contributed by atoms with Crippen LogP contribution in [-0.2, 0) is 11.5 Å². The molecule has 0 radical (unpaired) electrons. The predicted molar refractivity (Wildman–Crippen MR) is 77.1 cm³/mol. The number of rotatable bonds is 4. The van der Waals surface area contributed by atoms with E-state index in [0.717, 1.165) is 6.07 Å². The highest BCUT2D eigenvalue weighted by molar-refractivity contribution is 9.08. The minimum absolute atomic E-state index is 0.225. The molecule has 2 aromatic carbocycles. The molecule has 0 saturated carbocycles. The molecule has 6 heteroatoms. The first-order valence-corrected chi connectivity index (χ1v) is 7.14. The number of hydrogen-bond donors (Lipinski definition) is 0. The van der Waals surface area contributed by atoms with Crippen LogP contribution in [0, 0.1) is 0 Å². The Hall–Kier alpha value is -1.69. The van der Waals surface area contributed by atoms with E-state index in [4.69, 9.17) is 9.47 Å². The summed E-state index contributed by atoms with van der Waals surface area (Å²) in [6.07, 6.45) is -4.47. The van der Waals surface area contributed by atoms with Crippen molar-refractivity contribution in [3.8, 4) is 17.2 Å². The zero-order chi connectivity index (χ0) is 15.5. The summed E-state index contributed by atoms with van der Waals surface area (Å²) in [5, 5.41) is 0.346. The van der Waals surface area contributed by atoms with Crippen LogP contribution in [0.1, 0.15) is 11.1 Å². The average molecular weight is 361 g/mol. The van der Waals surface area contributed by atoms with E-state index in [1.165, 1.54) is 13.2 Å². The Balaban J connectivity index is 2.34. The van der Waals surface area contributed by atoms with Crippen molar-refractivity contribution >= 4 is 15.9 Å². The van der Waals surface area contributed by atoms with Gasteiger partial charge in [0.25, 0.3) is 0 Å². The molecule has 0 atom stereocenters. The number of ether oxygens (including phenoxy) is 2. The molecular weight excluding hydrogens is 349 g/mol. The highest BCUT2D eigenvalue weighted by atomic mass is 79.9. The van der Waals surface area contributed by atoms with Crippen LogP contribution in [-0.4, -0.2) is 7.11 Å². The van der Waals surface area contributed by atoms with Crippen molar-refractivity contribution in [1.82, 2.24) is 0 Å². The molecule has 0 spiro atoms. The van der Waals surface area contributed by atoms with Crippen LogP contribution in [0.5, 0.6) is 17.2 Å². The van der Waals surface area contributed by atoms with Crippen molar-refractivity contribution in [3.05, 3.63) is 53.6 Å². The van der Waals surface area contributed by atoms with Crippen LogP contribution in [0.3, 0.4) is 0 Å². The second-order valence-electron chi connectivity index (χ2n) is 4.24. The second-order valence-corrected chi connectivity index (χ2v) is 4.80. The molecule has 0 bridgehead atoms. The molecule has 0 fully saturated rings. The van der Waals surface area contributed by atoms with E-state index >= 15 is 0 Å². The van der Waals surface area contributed by atoms with Gasteiger partial charge >= 0.3 is 6.18 Å². The maximum absolute atomic E-state index is 13.1. The fourth-order valence-electron chi connectivity index (χ4n) is 1.74. The molecule has 112 valence electrons. The van der Waals surface area contributed by atoms with Crippen LogP contribution < -0.4 is 9.47 Å². The van der Waals surface area contributed by atoms with Gasteiger partial charge in [-0.2, -0.15) is 13.2 Å². The lowest BCUT2D eigenvalue weighted by molar-refractivity contribution is -0.138. The molecule has 0 aliphatic heterocycles. The summed E-state index contributed by atoms with van der Waals surface area (Å²) in [4.78, 5) is 0. The standard InChI is InChI=1S/C15H12BrF3O2/c1-20-11-3-5-12(6-4-11)21-14-7-2-10(9-16)8-13(14)15(17,18)19/h2-8H,9H2,1H3. The van der Waals surface area contributed by atoms with Gasteiger partial charge in [0.05, 0.1) is 12.7 Å². The maximum Gasteiger partial charge on any atom is 0.419 e. The molecule has 21 heavy (non-hydrogen) atoms. The summed E-state index contributed by atoms with van der Waals surface area (Å²) in [7, 11) is 1.51. The Labute approximate surface area is 128 Å². The summed E-state index contributed by atoms with van der Waals surface area (Å²) >= 11 is 3.14. The summed E-state index contributed by atoms with van der Waals surface area (Å²) in [5.74, 6) is 0.693. The molecule has 0 saturated heterocycles. The maximum atomic E-state index is 13.1. The summed E-state index contributed by atoms with van der Waals surface area (Å²) in [5.41, 5.74) is -0.264. The van der Waals surface area contributed by atoms with Crippen molar-refractivity contribution < 1.29 is 22.6 Å². The van der Waals surface area contributed by atoms with Crippen molar-refractivity contribution in [2.24, 2.45) is 0 Å². The lowest BCUT2D eigenvalue weighted by Crippen LogP contribution is -2.07. The van der Waals surface area contributed by atoms with Crippen LogP contribution in [0.25, 0.3) is 0 Å². The number of halogens is 4. The average Bonchev–Trinajstić information content (AvgIpc) is 2.47. The Bertz CT molecular complexity index is 609. The van der Waals surface area contributed by atoms with Crippen molar-refractivity contribution in [1.29, 1.82) is 0 Å². The first kappa shape index (κ1) is 15.7. The van der Waals surface area contributed by atoms with Crippen molar-refractivity contribution in [2.45, 2.75) is 11.5 Å². The van der Waals surface area contributed by atoms with Gasteiger partial charge in [-0.25, -0.2) is 0 Å². The first-order chi connectivity index (χ1) is 9.94. The highest BCUT2D eigenvalue weighted by Gasteiger charge is 2.34. The molecule has 0 aliphatic rings. The smallest absolute Gasteiger partial charge is 0.419 e. The summed E-state index contributed by atoms with van der Waals surface area (Å²) < 4.78 is 49.5. The predicted octanol–water partition coefficient (Wildman–Crippen LogP) is 5.40. The van der Waals surface area contributed by atoms with E-state index in [2.05, 4.69) is 15.9 Å². The monoisotopic (exact) mass is 360 g/mol. The third kappa shape index (κ3) is 3.91. The van der Waals surface area contributed by atoms with Gasteiger partial charge in [0.1, 0.15) is 17.2 Å². The Kier molecular flexibility index (Phi) is 4.77. The third-order valence-electron chi connectivity index (χ3n) is 2.79. The van der Waals surface area contributed by atoms with E-state index < -0.39 is 11.7 Å². The molecule has 0 heterocycles. The zero-order valence-electron chi connectivity index (χ0n) is 11.1. The van der Waals surface area contributed by atoms with Gasteiger partial charge in [-0.15, -0.1) is 0 Å². The van der Waals surface area contributed by atoms with Crippen LogP contribution in [0.2, 0.25) is 0 Å². The number of benzene rings is 2. The fourth-order valence-corrected chi connectivity index (χ4v) is 2.09. The number of hydrogen-bond acceptors (Lipinski definition) is 2. The van der Waals surface area contributed by atoms with E-state index in [0.29, 0.717) is 22.4 Å². The van der Waals surface area contributed by atoms with Gasteiger partial charge in [0, 0.05) is 5.33 Å². The summed E-state index contributed by atoms with van der Waals surface area (Å²) in [6, 6.07) is 10.3. The van der Waals surface area contributed by atoms with Gasteiger partial charge in [-0.3, -0.25) is 0 Å². The van der Waals surface area contributed by atoms with E-state index in [1.807, 2.05) is 0 Å². The normalized spacial score (nSPS) is 11.3. The van der Waals surface area contributed by atoms with Crippen LogP contribution >= 0.6 is 15.9 Å². The van der Waals surface area contributed by atoms with Gasteiger partial charge in [-0.1, -0.05) is 22.0 Å². The highest BCUT2D eigenvalue weighted by Crippen LogP contribution is 2.39. The molecule has 2 nitrogen and oxygen atoms in total. The first-order valence-electron chi connectivity index (χ1n) is 6.02. The van der Waals surface area contributed by atoms with Crippen LogP contribution in [0.15, 0.2) is 42.5 Å². The molecule has 0 aliphatic carbocycles. The molecule has 0 amide bonds. The van der Waals surface area contributed by atoms with E-state index in [-0.39, 0.29) is 5.75 Å². The van der Waals surface area contributed by atoms with E-state index in [9.17, 15) is 13.2 Å². The Morgan fingerprint density at radius 2 is 1.62 bits per heavy atom. The molecule has 2 aromatic rings. The lowest BCUT2D eigenvalue weighted by atomic mass is 10.1. The number of methoxy groups -OCH3 is 1. The van der Waals surface area contributed by atoms with E-state index in [1.54, 1.807) is 30.3 Å². The molecular formula is C15H12BrF3O2. The molecule has 0 N–H and O–H groups in total. The van der Waals surface area contributed by atoms with Gasteiger partial charge in [0.15, 0.2) is 0 Å². The lowest BCUT2D eigenvalue weighted by Gasteiger charge is -2.15. The van der Waals surface area contributed by atoms with Gasteiger partial charge < -0.3 is 9.47 Å². The molecule has 0 unspecified atom stereocenters. The second kappa shape index (κ2) is 6.39. The molecule has 0 aromatic heterocycles. The largest absolute Gasteiger partial charge is 0.497 e. The van der Waals surface area contributed by atoms with Crippen LogP contribution in [0.4, 0.5) is 13.2 Å². The Morgan fingerprint density at radius 3 is 2.14 bits per heavy atom. The zero-order valence-corrected chi connectivity index (χ0v) is 12.7. The van der Waals surface area contributed by atoms with Gasteiger partial charge in [0.2, 0.25) is 0 Å².